The SMILES string of the molecule is COc1cc2c(cc1OCCCC(F)(F)F)CCN1CC(OC(C)(C)C)C(O)CC21. The van der Waals surface area contributed by atoms with Crippen LogP contribution in [0.5, 0.6) is 11.5 Å². The predicted octanol–water partition coefficient (Wildman–Crippen LogP) is 4.26. The van der Waals surface area contributed by atoms with Crippen molar-refractivity contribution in [1.29, 1.82) is 0 Å². The van der Waals surface area contributed by atoms with E-state index in [-0.39, 0.29) is 30.8 Å². The van der Waals surface area contributed by atoms with Crippen molar-refractivity contribution in [3.63, 3.8) is 0 Å². The molecule has 1 aromatic rings. The summed E-state index contributed by atoms with van der Waals surface area (Å²) in [5.74, 6) is 0.974. The molecule has 1 fully saturated rings. The summed E-state index contributed by atoms with van der Waals surface area (Å²) in [6, 6.07) is 3.84. The van der Waals surface area contributed by atoms with Gasteiger partial charge in [0.2, 0.25) is 0 Å². The van der Waals surface area contributed by atoms with Gasteiger partial charge in [0.1, 0.15) is 0 Å². The topological polar surface area (TPSA) is 51.2 Å². The lowest BCUT2D eigenvalue weighted by Gasteiger charge is -2.46. The second-order valence-electron chi connectivity index (χ2n) is 9.10. The number of alkyl halides is 3. The number of benzene rings is 1. The minimum atomic E-state index is -4.18. The third kappa shape index (κ3) is 5.80. The first-order valence-electron chi connectivity index (χ1n) is 10.5. The van der Waals surface area contributed by atoms with E-state index >= 15 is 0 Å². The van der Waals surface area contributed by atoms with E-state index in [1.807, 2.05) is 32.9 Å². The first kappa shape index (κ1) is 23.2. The molecule has 2 aliphatic rings. The largest absolute Gasteiger partial charge is 0.493 e. The summed E-state index contributed by atoms with van der Waals surface area (Å²) in [6.07, 6.45) is -4.59. The molecule has 30 heavy (non-hydrogen) atoms. The molecule has 1 N–H and O–H groups in total. The molecule has 3 rings (SSSR count). The van der Waals surface area contributed by atoms with E-state index < -0.39 is 18.7 Å². The maximum absolute atomic E-state index is 12.3. The van der Waals surface area contributed by atoms with E-state index in [1.165, 1.54) is 7.11 Å². The third-order valence-corrected chi connectivity index (χ3v) is 5.57. The fourth-order valence-electron chi connectivity index (χ4n) is 4.29. The quantitative estimate of drug-likeness (QED) is 0.682. The molecule has 5 nitrogen and oxygen atoms in total. The first-order valence-corrected chi connectivity index (χ1v) is 10.5. The number of methoxy groups -OCH3 is 1. The lowest BCUT2D eigenvalue weighted by Crippen LogP contribution is -2.53. The van der Waals surface area contributed by atoms with E-state index in [0.717, 1.165) is 24.1 Å². The third-order valence-electron chi connectivity index (χ3n) is 5.57. The van der Waals surface area contributed by atoms with Crippen molar-refractivity contribution in [3.8, 4) is 11.5 Å². The van der Waals surface area contributed by atoms with Crippen molar-refractivity contribution in [1.82, 2.24) is 4.90 Å². The van der Waals surface area contributed by atoms with Crippen LogP contribution < -0.4 is 9.47 Å². The van der Waals surface area contributed by atoms with E-state index in [9.17, 15) is 18.3 Å². The Hall–Kier alpha value is -1.51. The monoisotopic (exact) mass is 431 g/mol. The number of piperidine rings is 1. The molecular weight excluding hydrogens is 399 g/mol. The van der Waals surface area contributed by atoms with E-state index in [2.05, 4.69) is 4.90 Å². The molecule has 0 spiro atoms. The maximum atomic E-state index is 12.3. The van der Waals surface area contributed by atoms with E-state index in [4.69, 9.17) is 14.2 Å². The van der Waals surface area contributed by atoms with E-state index in [1.54, 1.807) is 0 Å². The molecule has 0 aliphatic carbocycles. The molecule has 170 valence electrons. The number of hydrogen-bond donors (Lipinski definition) is 1. The Kier molecular flexibility index (Phi) is 6.89. The molecule has 8 heteroatoms. The van der Waals surface area contributed by atoms with Gasteiger partial charge in [0.15, 0.2) is 11.5 Å². The van der Waals surface area contributed by atoms with Crippen molar-refractivity contribution < 1.29 is 32.5 Å². The Morgan fingerprint density at radius 2 is 1.90 bits per heavy atom. The summed E-state index contributed by atoms with van der Waals surface area (Å²) < 4.78 is 54.2. The van der Waals surface area contributed by atoms with Crippen LogP contribution in [0, 0.1) is 0 Å². The van der Waals surface area contributed by atoms with Gasteiger partial charge < -0.3 is 19.3 Å². The van der Waals surface area contributed by atoms with Crippen LogP contribution in [0.1, 0.15) is 57.2 Å². The number of halogens is 3. The van der Waals surface area contributed by atoms with Gasteiger partial charge in [-0.2, -0.15) is 13.2 Å². The van der Waals surface area contributed by atoms with Gasteiger partial charge in [-0.25, -0.2) is 0 Å². The van der Waals surface area contributed by atoms with Crippen molar-refractivity contribution >= 4 is 0 Å². The maximum Gasteiger partial charge on any atom is 0.389 e. The number of aliphatic hydroxyl groups is 1. The van der Waals surface area contributed by atoms with Crippen LogP contribution in [0.2, 0.25) is 0 Å². The van der Waals surface area contributed by atoms with Crippen LogP contribution >= 0.6 is 0 Å². The zero-order valence-electron chi connectivity index (χ0n) is 18.1. The highest BCUT2D eigenvalue weighted by atomic mass is 19.4. The molecule has 2 aliphatic heterocycles. The van der Waals surface area contributed by atoms with Crippen LogP contribution in [0.4, 0.5) is 13.2 Å². The van der Waals surface area contributed by atoms with Gasteiger partial charge in [-0.05, 0) is 63.3 Å². The number of ether oxygens (including phenoxy) is 3. The zero-order valence-corrected chi connectivity index (χ0v) is 18.1. The van der Waals surface area contributed by atoms with E-state index in [0.29, 0.717) is 24.5 Å². The van der Waals surface area contributed by atoms with Gasteiger partial charge in [0.05, 0.1) is 31.5 Å². The number of aliphatic hydroxyl groups excluding tert-OH is 1. The second-order valence-corrected chi connectivity index (χ2v) is 9.10. The molecule has 0 saturated carbocycles. The average Bonchev–Trinajstić information content (AvgIpc) is 2.63. The van der Waals surface area contributed by atoms with Crippen LogP contribution in [0.15, 0.2) is 12.1 Å². The summed E-state index contributed by atoms with van der Waals surface area (Å²) in [5, 5.41) is 10.7. The molecule has 0 aromatic heterocycles. The Labute approximate surface area is 176 Å². The van der Waals surface area contributed by atoms with Crippen molar-refractivity contribution in [2.24, 2.45) is 0 Å². The summed E-state index contributed by atoms with van der Waals surface area (Å²) in [5.41, 5.74) is 1.84. The minimum Gasteiger partial charge on any atom is -0.493 e. The van der Waals surface area contributed by atoms with Gasteiger partial charge in [0.25, 0.3) is 0 Å². The highest BCUT2D eigenvalue weighted by molar-refractivity contribution is 5.49. The molecule has 0 radical (unpaired) electrons. The molecule has 3 atom stereocenters. The summed E-state index contributed by atoms with van der Waals surface area (Å²) in [4.78, 5) is 2.33. The lowest BCUT2D eigenvalue weighted by atomic mass is 9.84. The summed E-state index contributed by atoms with van der Waals surface area (Å²) in [6.45, 7) is 7.42. The van der Waals surface area contributed by atoms with Gasteiger partial charge >= 0.3 is 6.18 Å². The number of hydrogen-bond acceptors (Lipinski definition) is 5. The van der Waals surface area contributed by atoms with Crippen molar-refractivity contribution in [2.75, 3.05) is 26.8 Å². The first-order chi connectivity index (χ1) is 14.0. The molecular formula is C22H32F3NO4. The van der Waals surface area contributed by atoms with Gasteiger partial charge in [-0.3, -0.25) is 4.90 Å². The molecule has 3 unspecified atom stereocenters. The second kappa shape index (κ2) is 8.93. The van der Waals surface area contributed by atoms with Crippen molar-refractivity contribution in [2.45, 2.75) is 76.5 Å². The molecule has 0 bridgehead atoms. The fraction of sp³-hybridized carbons (Fsp3) is 0.727. The molecule has 0 amide bonds. The Morgan fingerprint density at radius 3 is 2.53 bits per heavy atom. The minimum absolute atomic E-state index is 0.0191. The Balaban J connectivity index is 1.72. The summed E-state index contributed by atoms with van der Waals surface area (Å²) in [7, 11) is 1.52. The fourth-order valence-corrected chi connectivity index (χ4v) is 4.29. The highest BCUT2D eigenvalue weighted by Crippen LogP contribution is 2.42. The van der Waals surface area contributed by atoms with Crippen molar-refractivity contribution in [3.05, 3.63) is 23.3 Å². The molecule has 1 aromatic carbocycles. The van der Waals surface area contributed by atoms with Crippen LogP contribution in [-0.4, -0.2) is 60.8 Å². The normalized spacial score (nSPS) is 24.9. The smallest absolute Gasteiger partial charge is 0.389 e. The van der Waals surface area contributed by atoms with Gasteiger partial charge in [-0.1, -0.05) is 0 Å². The standard InChI is InChI=1S/C22H32F3NO4/c1-21(2,3)30-20-13-26-8-6-14-10-19(29-9-5-7-22(23,24)25)18(28-4)11-15(14)16(26)12-17(20)27/h10-11,16-17,20,27H,5-9,12-13H2,1-4H3. The molecule has 1 saturated heterocycles. The predicted molar refractivity (Wildman–Crippen MR) is 107 cm³/mol. The summed E-state index contributed by atoms with van der Waals surface area (Å²) >= 11 is 0. The van der Waals surface area contributed by atoms with Gasteiger partial charge in [-0.15, -0.1) is 0 Å². The number of fused-ring (bicyclic) bond motifs is 3. The van der Waals surface area contributed by atoms with Crippen LogP contribution in [0.25, 0.3) is 0 Å². The molecule has 2 heterocycles. The average molecular weight is 431 g/mol. The Morgan fingerprint density at radius 1 is 1.17 bits per heavy atom. The lowest BCUT2D eigenvalue weighted by molar-refractivity contribution is -0.149. The Bertz CT molecular complexity index is 732. The highest BCUT2D eigenvalue weighted by Gasteiger charge is 2.40. The number of nitrogens with zero attached hydrogens (tertiary/aromatic N) is 1. The zero-order chi connectivity index (χ0) is 22.1. The van der Waals surface area contributed by atoms with Gasteiger partial charge in [0, 0.05) is 25.6 Å². The van der Waals surface area contributed by atoms with Crippen LogP contribution in [-0.2, 0) is 11.2 Å². The van der Waals surface area contributed by atoms with Crippen LogP contribution in [0.3, 0.4) is 0 Å². The number of rotatable bonds is 6.